The fourth-order valence-corrected chi connectivity index (χ4v) is 2.68. The van der Waals surface area contributed by atoms with Crippen molar-refractivity contribution in [3.8, 4) is 0 Å². The second-order valence-corrected chi connectivity index (χ2v) is 5.52. The van der Waals surface area contributed by atoms with E-state index in [0.29, 0.717) is 0 Å². The Labute approximate surface area is 123 Å². The third kappa shape index (κ3) is 2.81. The van der Waals surface area contributed by atoms with Gasteiger partial charge < -0.3 is 4.48 Å². The van der Waals surface area contributed by atoms with Gasteiger partial charge in [-0.25, -0.2) is 0 Å². The predicted molar refractivity (Wildman–Crippen MR) is 74.6 cm³/mol. The molecule has 0 aliphatic carbocycles. The zero-order valence-electron chi connectivity index (χ0n) is 12.6. The average molecular weight is 300 g/mol. The normalized spacial score (nSPS) is 17.0. The third-order valence-electron chi connectivity index (χ3n) is 4.58. The lowest BCUT2D eigenvalue weighted by atomic mass is 10.0. The molecule has 0 saturated heterocycles. The number of halogens is 3. The Morgan fingerprint density at radius 3 is 1.76 bits per heavy atom. The maximum absolute atomic E-state index is 12.9. The number of hydrogen-bond acceptors (Lipinski definition) is 2. The molecule has 1 aromatic carbocycles. The Bertz CT molecular complexity index is 502. The predicted octanol–water partition coefficient (Wildman–Crippen LogP) is 4.24. The van der Waals surface area contributed by atoms with E-state index >= 15 is 0 Å². The summed E-state index contributed by atoms with van der Waals surface area (Å²) in [5.41, 5.74) is -1.17. The van der Waals surface area contributed by atoms with Crippen molar-refractivity contribution < 1.29 is 17.7 Å². The molecule has 0 unspecified atom stereocenters. The van der Waals surface area contributed by atoms with Crippen LogP contribution < -0.4 is 0 Å². The standard InChI is InChI=1S/C15H21F3N3/c1-4-21(5-2,6-3)11-12-7-9-13(10-8-12)14(19-20-14)15(16,17)18/h7-10H,4-6,11H2,1-3H3/q+1. The van der Waals surface area contributed by atoms with Crippen LogP contribution in [0.4, 0.5) is 13.2 Å². The fraction of sp³-hybridized carbons (Fsp3) is 0.600. The van der Waals surface area contributed by atoms with Crippen molar-refractivity contribution in [2.45, 2.75) is 39.2 Å². The molecule has 1 aromatic rings. The molecule has 0 amide bonds. The Kier molecular flexibility index (Phi) is 4.10. The van der Waals surface area contributed by atoms with Crippen molar-refractivity contribution in [1.82, 2.24) is 0 Å². The molecule has 0 bridgehead atoms. The molecule has 0 fully saturated rings. The van der Waals surface area contributed by atoms with E-state index in [1.165, 1.54) is 12.1 Å². The van der Waals surface area contributed by atoms with E-state index in [-0.39, 0.29) is 5.56 Å². The molecule has 116 valence electrons. The lowest BCUT2D eigenvalue weighted by molar-refractivity contribution is -0.936. The minimum absolute atomic E-state index is 0.0985. The van der Waals surface area contributed by atoms with Crippen molar-refractivity contribution in [3.05, 3.63) is 35.4 Å². The van der Waals surface area contributed by atoms with E-state index in [2.05, 4.69) is 31.0 Å². The molecule has 0 atom stereocenters. The molecule has 2 rings (SSSR count). The van der Waals surface area contributed by atoms with Gasteiger partial charge in [0.25, 0.3) is 0 Å². The van der Waals surface area contributed by atoms with Gasteiger partial charge in [-0.2, -0.15) is 13.2 Å². The molecular formula is C15H21F3N3+. The van der Waals surface area contributed by atoms with Crippen LogP contribution in [0.2, 0.25) is 0 Å². The molecule has 0 N–H and O–H groups in total. The highest BCUT2D eigenvalue weighted by Crippen LogP contribution is 2.52. The molecule has 6 heteroatoms. The Morgan fingerprint density at radius 1 is 0.952 bits per heavy atom. The molecule has 0 saturated carbocycles. The average Bonchev–Trinajstić information content (AvgIpc) is 3.27. The first-order valence-corrected chi connectivity index (χ1v) is 7.28. The summed E-state index contributed by atoms with van der Waals surface area (Å²) in [6, 6.07) is 6.53. The Balaban J connectivity index is 2.17. The van der Waals surface area contributed by atoms with Crippen LogP contribution in [0.15, 0.2) is 34.5 Å². The summed E-state index contributed by atoms with van der Waals surface area (Å²) in [7, 11) is 0. The molecule has 21 heavy (non-hydrogen) atoms. The van der Waals surface area contributed by atoms with Crippen LogP contribution in [0.5, 0.6) is 0 Å². The number of rotatable bonds is 6. The highest BCUT2D eigenvalue weighted by atomic mass is 19.4. The SMILES string of the molecule is CC[N+](CC)(CC)Cc1ccc(C2(C(F)(F)F)N=N2)cc1. The Hall–Kier alpha value is -1.43. The minimum Gasteiger partial charge on any atom is -0.321 e. The lowest BCUT2D eigenvalue weighted by Crippen LogP contribution is -2.46. The molecule has 1 aliphatic heterocycles. The summed E-state index contributed by atoms with van der Waals surface area (Å²) < 4.78 is 39.7. The van der Waals surface area contributed by atoms with E-state index in [4.69, 9.17) is 0 Å². The van der Waals surface area contributed by atoms with Gasteiger partial charge in [0, 0.05) is 11.1 Å². The molecule has 0 radical (unpaired) electrons. The second kappa shape index (κ2) is 5.40. The van der Waals surface area contributed by atoms with Gasteiger partial charge >= 0.3 is 11.8 Å². The van der Waals surface area contributed by atoms with E-state index in [9.17, 15) is 13.2 Å². The van der Waals surface area contributed by atoms with Gasteiger partial charge in [0.15, 0.2) is 0 Å². The van der Waals surface area contributed by atoms with Crippen LogP contribution in [0.1, 0.15) is 31.9 Å². The van der Waals surface area contributed by atoms with Crippen LogP contribution in [0.3, 0.4) is 0 Å². The van der Waals surface area contributed by atoms with Gasteiger partial charge in [0.05, 0.1) is 19.6 Å². The quantitative estimate of drug-likeness (QED) is 0.702. The maximum Gasteiger partial charge on any atom is 0.442 e. The zero-order chi connectivity index (χ0) is 15.7. The van der Waals surface area contributed by atoms with Gasteiger partial charge in [-0.3, -0.25) is 0 Å². The van der Waals surface area contributed by atoms with Crippen molar-refractivity contribution in [3.63, 3.8) is 0 Å². The summed E-state index contributed by atoms with van der Waals surface area (Å²) >= 11 is 0. The summed E-state index contributed by atoms with van der Waals surface area (Å²) in [4.78, 5) is 0. The molecular weight excluding hydrogens is 279 g/mol. The molecule has 0 spiro atoms. The molecule has 0 aromatic heterocycles. The van der Waals surface area contributed by atoms with Crippen molar-refractivity contribution in [1.29, 1.82) is 0 Å². The van der Waals surface area contributed by atoms with Gasteiger partial charge in [0.2, 0.25) is 0 Å². The number of alkyl halides is 3. The number of benzene rings is 1. The summed E-state index contributed by atoms with van der Waals surface area (Å²) in [5, 5.41) is 6.45. The van der Waals surface area contributed by atoms with Crippen LogP contribution in [0.25, 0.3) is 0 Å². The topological polar surface area (TPSA) is 24.7 Å². The first kappa shape index (κ1) is 15.9. The summed E-state index contributed by atoms with van der Waals surface area (Å²) in [6.45, 7) is 10.3. The van der Waals surface area contributed by atoms with Crippen molar-refractivity contribution in [2.75, 3.05) is 19.6 Å². The highest BCUT2D eigenvalue weighted by molar-refractivity contribution is 5.32. The van der Waals surface area contributed by atoms with Crippen LogP contribution >= 0.6 is 0 Å². The zero-order valence-corrected chi connectivity index (χ0v) is 12.6. The van der Waals surface area contributed by atoms with Crippen LogP contribution in [-0.4, -0.2) is 30.3 Å². The van der Waals surface area contributed by atoms with Crippen LogP contribution in [-0.2, 0) is 12.2 Å². The highest BCUT2D eigenvalue weighted by Gasteiger charge is 2.65. The van der Waals surface area contributed by atoms with Crippen molar-refractivity contribution in [2.24, 2.45) is 10.2 Å². The first-order chi connectivity index (χ1) is 9.82. The van der Waals surface area contributed by atoms with E-state index < -0.39 is 11.8 Å². The first-order valence-electron chi connectivity index (χ1n) is 7.28. The monoisotopic (exact) mass is 300 g/mol. The summed E-state index contributed by atoms with van der Waals surface area (Å²) in [6.07, 6.45) is -4.45. The van der Waals surface area contributed by atoms with E-state index in [1.54, 1.807) is 12.1 Å². The van der Waals surface area contributed by atoms with Gasteiger partial charge in [-0.15, -0.1) is 10.2 Å². The van der Waals surface area contributed by atoms with Gasteiger partial charge in [-0.05, 0) is 20.8 Å². The largest absolute Gasteiger partial charge is 0.442 e. The lowest BCUT2D eigenvalue weighted by Gasteiger charge is -2.36. The number of hydrogen-bond donors (Lipinski definition) is 0. The van der Waals surface area contributed by atoms with E-state index in [0.717, 1.165) is 36.2 Å². The smallest absolute Gasteiger partial charge is 0.321 e. The van der Waals surface area contributed by atoms with Crippen LogP contribution in [0, 0.1) is 0 Å². The third-order valence-corrected chi connectivity index (χ3v) is 4.58. The molecule has 3 nitrogen and oxygen atoms in total. The second-order valence-electron chi connectivity index (χ2n) is 5.52. The minimum atomic E-state index is -4.45. The van der Waals surface area contributed by atoms with Gasteiger partial charge in [0.1, 0.15) is 6.54 Å². The number of nitrogens with zero attached hydrogens (tertiary/aromatic N) is 3. The number of quaternary nitrogens is 1. The Morgan fingerprint density at radius 2 is 1.43 bits per heavy atom. The maximum atomic E-state index is 12.9. The fourth-order valence-electron chi connectivity index (χ4n) is 2.68. The molecule has 1 aliphatic rings. The summed E-state index contributed by atoms with van der Waals surface area (Å²) in [5.74, 6) is 0. The molecule has 1 heterocycles. The van der Waals surface area contributed by atoms with E-state index in [1.807, 2.05) is 0 Å². The van der Waals surface area contributed by atoms with Gasteiger partial charge in [-0.1, -0.05) is 24.3 Å². The van der Waals surface area contributed by atoms with Crippen molar-refractivity contribution >= 4 is 0 Å².